The number of benzene rings is 1. The van der Waals surface area contributed by atoms with Crippen molar-refractivity contribution in [1.82, 2.24) is 14.5 Å². The minimum atomic E-state index is 0.433. The molecule has 94 valence electrons. The average molecular weight is 301 g/mol. The number of nitrogens with zero attached hydrogens (tertiary/aromatic N) is 3. The number of rotatable bonds is 3. The van der Waals surface area contributed by atoms with Crippen LogP contribution in [-0.4, -0.2) is 14.5 Å². The minimum Gasteiger partial charge on any atom is -0.324 e. The van der Waals surface area contributed by atoms with E-state index in [1.165, 1.54) is 0 Å². The van der Waals surface area contributed by atoms with E-state index in [1.54, 1.807) is 29.1 Å². The first-order chi connectivity index (χ1) is 8.60. The molecular weight excluding hydrogens is 291 g/mol. The Balaban J connectivity index is 2.26. The Morgan fingerprint density at radius 2 is 2.11 bits per heavy atom. The zero-order chi connectivity index (χ0) is 13.1. The lowest BCUT2D eigenvalue weighted by Gasteiger charge is -2.07. The van der Waals surface area contributed by atoms with Crippen LogP contribution in [0.2, 0.25) is 10.0 Å². The second kappa shape index (κ2) is 5.65. The summed E-state index contributed by atoms with van der Waals surface area (Å²) in [5, 5.41) is 3.99. The van der Waals surface area contributed by atoms with E-state index in [-0.39, 0.29) is 0 Å². The molecule has 0 unspecified atom stereocenters. The lowest BCUT2D eigenvalue weighted by Crippen LogP contribution is -2.05. The summed E-state index contributed by atoms with van der Waals surface area (Å²) in [4.78, 5) is 8.33. The molecule has 0 atom stereocenters. The van der Waals surface area contributed by atoms with Gasteiger partial charge >= 0.3 is 0 Å². The van der Waals surface area contributed by atoms with Crippen molar-refractivity contribution in [3.8, 4) is 0 Å². The van der Waals surface area contributed by atoms with E-state index in [4.69, 9.17) is 35.4 Å². The zero-order valence-electron chi connectivity index (χ0n) is 9.52. The Kier molecular flexibility index (Phi) is 4.16. The van der Waals surface area contributed by atoms with Crippen LogP contribution in [0.5, 0.6) is 0 Å². The van der Waals surface area contributed by atoms with Gasteiger partial charge in [0.05, 0.1) is 10.0 Å². The molecule has 0 aliphatic heterocycles. The highest BCUT2D eigenvalue weighted by molar-refractivity contribution is 7.71. The molecule has 2 rings (SSSR count). The molecule has 0 saturated carbocycles. The highest BCUT2D eigenvalue weighted by Gasteiger charge is 2.02. The molecule has 1 aromatic carbocycles. The summed E-state index contributed by atoms with van der Waals surface area (Å²) in [5.74, 6) is 0.433. The molecule has 0 aliphatic carbocycles. The van der Waals surface area contributed by atoms with Crippen LogP contribution in [0.4, 0.5) is 11.6 Å². The lowest BCUT2D eigenvalue weighted by molar-refractivity contribution is 0.699. The Hall–Kier alpha value is -1.17. The Morgan fingerprint density at radius 1 is 1.33 bits per heavy atom. The smallest absolute Gasteiger partial charge is 0.231 e. The van der Waals surface area contributed by atoms with Crippen molar-refractivity contribution >= 4 is 47.1 Å². The van der Waals surface area contributed by atoms with Gasteiger partial charge in [-0.2, -0.15) is 4.98 Å². The first kappa shape index (κ1) is 13.3. The summed E-state index contributed by atoms with van der Waals surface area (Å²) in [6, 6.07) is 5.20. The fourth-order valence-electron chi connectivity index (χ4n) is 1.34. The van der Waals surface area contributed by atoms with Crippen molar-refractivity contribution in [2.24, 2.45) is 0 Å². The number of hydrogen-bond acceptors (Lipinski definition) is 4. The Bertz CT molecular complexity index is 627. The summed E-state index contributed by atoms with van der Waals surface area (Å²) in [7, 11) is 0. The van der Waals surface area contributed by atoms with Gasteiger partial charge in [0.1, 0.15) is 6.33 Å². The molecule has 18 heavy (non-hydrogen) atoms. The van der Waals surface area contributed by atoms with Crippen molar-refractivity contribution in [1.29, 1.82) is 0 Å². The number of nitrogens with one attached hydrogen (secondary N) is 1. The van der Waals surface area contributed by atoms with Gasteiger partial charge in [0, 0.05) is 12.2 Å². The van der Waals surface area contributed by atoms with E-state index in [2.05, 4.69) is 15.3 Å². The third kappa shape index (κ3) is 2.98. The van der Waals surface area contributed by atoms with E-state index in [0.717, 1.165) is 12.2 Å². The average Bonchev–Trinajstić information content (AvgIpc) is 2.34. The zero-order valence-corrected chi connectivity index (χ0v) is 11.9. The van der Waals surface area contributed by atoms with Crippen LogP contribution >= 0.6 is 35.4 Å². The summed E-state index contributed by atoms with van der Waals surface area (Å²) in [5.41, 5.74) is 0.757. The maximum absolute atomic E-state index is 5.92. The predicted molar refractivity (Wildman–Crippen MR) is 76.3 cm³/mol. The van der Waals surface area contributed by atoms with Gasteiger partial charge in [-0.15, -0.1) is 0 Å². The standard InChI is InChI=1S/C11H10Cl2N4S/c1-2-17-6-14-10(16-11(17)18)15-7-3-4-8(12)9(13)5-7/h3-6H,2H2,1H3,(H,15,16,18). The fourth-order valence-corrected chi connectivity index (χ4v) is 1.90. The molecule has 4 nitrogen and oxygen atoms in total. The molecule has 0 spiro atoms. The molecule has 1 aromatic heterocycles. The van der Waals surface area contributed by atoms with Crippen LogP contribution in [-0.2, 0) is 6.54 Å². The predicted octanol–water partition coefficient (Wildman–Crippen LogP) is 4.08. The van der Waals surface area contributed by atoms with Crippen LogP contribution in [0.25, 0.3) is 0 Å². The normalized spacial score (nSPS) is 10.4. The number of aromatic nitrogens is 3. The van der Waals surface area contributed by atoms with Crippen molar-refractivity contribution in [3.05, 3.63) is 39.3 Å². The summed E-state index contributed by atoms with van der Waals surface area (Å²) >= 11 is 16.9. The highest BCUT2D eigenvalue weighted by Crippen LogP contribution is 2.25. The molecule has 0 bridgehead atoms. The fraction of sp³-hybridized carbons (Fsp3) is 0.182. The molecular formula is C11H10Cl2N4S. The molecule has 2 aromatic rings. The van der Waals surface area contributed by atoms with Crippen LogP contribution < -0.4 is 5.32 Å². The maximum atomic E-state index is 5.92. The van der Waals surface area contributed by atoms with E-state index >= 15 is 0 Å². The molecule has 0 fully saturated rings. The van der Waals surface area contributed by atoms with Gasteiger partial charge in [0.15, 0.2) is 0 Å². The van der Waals surface area contributed by atoms with E-state index in [9.17, 15) is 0 Å². The van der Waals surface area contributed by atoms with Crippen LogP contribution in [0.15, 0.2) is 24.5 Å². The molecule has 1 heterocycles. The lowest BCUT2D eigenvalue weighted by atomic mass is 10.3. The van der Waals surface area contributed by atoms with E-state index in [0.29, 0.717) is 20.8 Å². The first-order valence-electron chi connectivity index (χ1n) is 5.25. The summed E-state index contributed by atoms with van der Waals surface area (Å²) < 4.78 is 2.25. The van der Waals surface area contributed by atoms with Crippen molar-refractivity contribution < 1.29 is 0 Å². The van der Waals surface area contributed by atoms with Gasteiger partial charge in [-0.25, -0.2) is 4.98 Å². The Morgan fingerprint density at radius 3 is 2.72 bits per heavy atom. The molecule has 1 N–H and O–H groups in total. The Labute approximate surface area is 120 Å². The van der Waals surface area contributed by atoms with E-state index in [1.807, 2.05) is 6.92 Å². The van der Waals surface area contributed by atoms with Gasteiger partial charge in [-0.3, -0.25) is 0 Å². The SMILES string of the molecule is CCn1cnc(Nc2ccc(Cl)c(Cl)c2)nc1=S. The van der Waals surface area contributed by atoms with Gasteiger partial charge < -0.3 is 9.88 Å². The number of hydrogen-bond donors (Lipinski definition) is 1. The number of halogens is 2. The minimum absolute atomic E-state index is 0.433. The quantitative estimate of drug-likeness (QED) is 0.868. The molecule has 7 heteroatoms. The molecule has 0 amide bonds. The van der Waals surface area contributed by atoms with Crippen molar-refractivity contribution in [2.45, 2.75) is 13.5 Å². The van der Waals surface area contributed by atoms with E-state index < -0.39 is 0 Å². The van der Waals surface area contributed by atoms with Crippen molar-refractivity contribution in [3.63, 3.8) is 0 Å². The van der Waals surface area contributed by atoms with Crippen LogP contribution in [0.1, 0.15) is 6.92 Å². The third-order valence-electron chi connectivity index (χ3n) is 2.28. The molecule has 0 aliphatic rings. The summed E-state index contributed by atoms with van der Waals surface area (Å²) in [6.07, 6.45) is 1.65. The number of anilines is 2. The largest absolute Gasteiger partial charge is 0.324 e. The van der Waals surface area contributed by atoms with Gasteiger partial charge in [-0.05, 0) is 37.3 Å². The van der Waals surface area contributed by atoms with Crippen LogP contribution in [0, 0.1) is 4.77 Å². The van der Waals surface area contributed by atoms with Crippen LogP contribution in [0.3, 0.4) is 0 Å². The maximum Gasteiger partial charge on any atom is 0.231 e. The summed E-state index contributed by atoms with van der Waals surface area (Å²) in [6.45, 7) is 2.72. The number of aryl methyl sites for hydroxylation is 1. The third-order valence-corrected chi connectivity index (χ3v) is 3.35. The monoisotopic (exact) mass is 300 g/mol. The second-order valence-electron chi connectivity index (χ2n) is 3.50. The first-order valence-corrected chi connectivity index (χ1v) is 6.42. The molecule has 0 saturated heterocycles. The second-order valence-corrected chi connectivity index (χ2v) is 4.68. The van der Waals surface area contributed by atoms with Gasteiger partial charge in [0.25, 0.3) is 0 Å². The van der Waals surface area contributed by atoms with Crippen molar-refractivity contribution in [2.75, 3.05) is 5.32 Å². The highest BCUT2D eigenvalue weighted by atomic mass is 35.5. The molecule has 0 radical (unpaired) electrons. The topological polar surface area (TPSA) is 42.7 Å². The van der Waals surface area contributed by atoms with Gasteiger partial charge in [0.2, 0.25) is 10.7 Å². The van der Waals surface area contributed by atoms with Gasteiger partial charge in [-0.1, -0.05) is 23.2 Å².